The van der Waals surface area contributed by atoms with Gasteiger partial charge in [0, 0.05) is 37.4 Å². The first kappa shape index (κ1) is 44.9. The summed E-state index contributed by atoms with van der Waals surface area (Å²) in [5.74, 6) is 4.26. The van der Waals surface area contributed by atoms with E-state index in [1.807, 2.05) is 37.3 Å². The van der Waals surface area contributed by atoms with Crippen LogP contribution in [-0.2, 0) is 25.7 Å². The minimum atomic E-state index is -0.736. The number of aliphatic hydroxyl groups is 1. The first-order valence-electron chi connectivity index (χ1n) is 22.5. The number of amides is 3. The number of aliphatic hydroxyl groups excluding tert-OH is 1. The van der Waals surface area contributed by atoms with Gasteiger partial charge in [-0.2, -0.15) is 0 Å². The molecule has 3 amide bonds. The van der Waals surface area contributed by atoms with E-state index in [0.29, 0.717) is 24.0 Å². The Morgan fingerprint density at radius 3 is 2.39 bits per heavy atom. The van der Waals surface area contributed by atoms with E-state index in [-0.39, 0.29) is 49.8 Å². The molecule has 318 valence electrons. The van der Waals surface area contributed by atoms with Crippen LogP contribution >= 0.6 is 0 Å². The van der Waals surface area contributed by atoms with Crippen molar-refractivity contribution in [3.63, 3.8) is 0 Å². The summed E-state index contributed by atoms with van der Waals surface area (Å²) in [6.45, 7) is 17.4. The second-order valence-corrected chi connectivity index (χ2v) is 19.0. The number of allylic oxidation sites excluding steroid dienone is 2. The van der Waals surface area contributed by atoms with Crippen LogP contribution in [0.15, 0.2) is 47.7 Å². The number of anilines is 1. The molecule has 0 spiro atoms. The van der Waals surface area contributed by atoms with E-state index in [2.05, 4.69) is 62.0 Å². The first-order valence-corrected chi connectivity index (χ1v) is 22.5. The van der Waals surface area contributed by atoms with Crippen molar-refractivity contribution in [2.24, 2.45) is 46.3 Å². The van der Waals surface area contributed by atoms with Crippen LogP contribution in [-0.4, -0.2) is 54.7 Å². The number of ether oxygens (including phenoxy) is 1. The van der Waals surface area contributed by atoms with Crippen LogP contribution in [0.3, 0.4) is 0 Å². The fraction of sp³-hybridized carbons (Fsp3) is 0.729. The Kier molecular flexibility index (Phi) is 16.3. The molecule has 0 heterocycles. The Morgan fingerprint density at radius 1 is 0.912 bits per heavy atom. The highest BCUT2D eigenvalue weighted by atomic mass is 16.5. The van der Waals surface area contributed by atoms with Crippen molar-refractivity contribution in [1.82, 2.24) is 16.0 Å². The number of rotatable bonds is 20. The van der Waals surface area contributed by atoms with Crippen LogP contribution < -0.4 is 21.3 Å². The smallest absolute Gasteiger partial charge is 0.242 e. The molecule has 0 aromatic heterocycles. The molecule has 9 heteroatoms. The molecule has 0 aliphatic heterocycles. The Hall–Kier alpha value is -3.17. The summed E-state index contributed by atoms with van der Waals surface area (Å²) < 4.78 is 6.40. The van der Waals surface area contributed by atoms with Gasteiger partial charge in [0.2, 0.25) is 17.7 Å². The number of nitrogens with one attached hydrogen (secondary N) is 4. The highest BCUT2D eigenvalue weighted by Crippen LogP contribution is 2.67. The number of carbonyl (C=O) groups is 3. The van der Waals surface area contributed by atoms with Crippen LogP contribution in [0.1, 0.15) is 144 Å². The average molecular weight is 789 g/mol. The number of hydrogen-bond donors (Lipinski definition) is 5. The van der Waals surface area contributed by atoms with Gasteiger partial charge < -0.3 is 31.1 Å². The van der Waals surface area contributed by atoms with Crippen LogP contribution in [0.5, 0.6) is 0 Å². The van der Waals surface area contributed by atoms with E-state index in [1.165, 1.54) is 57.8 Å². The second-order valence-electron chi connectivity index (χ2n) is 19.0. The maximum atomic E-state index is 12.6. The standard InChI is InChI=1S/C48H76N4O5/c1-8-37(52-38-16-13-35(31-53)14-17-38)30-50-46(56)34(5)51-45(55)22-21-44(54)49-27-10-28-57-39-23-25-47(6)36(29-39)15-18-40-42-20-19-41(33(4)12-9-11-32(2)3)48(42,7)26-24-43(40)47/h8,13-17,32-34,39-43,52-53H,9-12,18-31H2,1-7H3,(H,49,54)(H,50,56)(H,51,55)/t33-,34+,39+,40+,41-,42?,43+,47+,48-/m1/s1. The van der Waals surface area contributed by atoms with Crippen molar-refractivity contribution in [1.29, 1.82) is 0 Å². The highest BCUT2D eigenvalue weighted by Gasteiger charge is 2.59. The van der Waals surface area contributed by atoms with E-state index in [9.17, 15) is 19.5 Å². The Balaban J connectivity index is 0.952. The summed E-state index contributed by atoms with van der Waals surface area (Å²) >= 11 is 0. The van der Waals surface area contributed by atoms with Gasteiger partial charge in [0.25, 0.3) is 0 Å². The largest absolute Gasteiger partial charge is 0.392 e. The van der Waals surface area contributed by atoms with Crippen molar-refractivity contribution in [2.75, 3.05) is 25.0 Å². The predicted octanol–water partition coefficient (Wildman–Crippen LogP) is 8.83. The van der Waals surface area contributed by atoms with Gasteiger partial charge >= 0.3 is 0 Å². The normalized spacial score (nSPS) is 29.3. The molecule has 4 aliphatic rings. The lowest BCUT2D eigenvalue weighted by Gasteiger charge is -2.58. The van der Waals surface area contributed by atoms with Crippen LogP contribution in [0, 0.1) is 46.3 Å². The van der Waals surface area contributed by atoms with Gasteiger partial charge in [-0.05, 0) is 136 Å². The lowest BCUT2D eigenvalue weighted by Crippen LogP contribution is -2.51. The van der Waals surface area contributed by atoms with Crippen molar-refractivity contribution >= 4 is 23.4 Å². The minimum Gasteiger partial charge on any atom is -0.392 e. The van der Waals surface area contributed by atoms with E-state index < -0.39 is 6.04 Å². The molecule has 3 fully saturated rings. The van der Waals surface area contributed by atoms with E-state index in [0.717, 1.165) is 71.7 Å². The Morgan fingerprint density at radius 2 is 1.67 bits per heavy atom. The maximum Gasteiger partial charge on any atom is 0.242 e. The summed E-state index contributed by atoms with van der Waals surface area (Å²) in [4.78, 5) is 37.7. The molecule has 0 saturated heterocycles. The molecule has 9 nitrogen and oxygen atoms in total. The van der Waals surface area contributed by atoms with Crippen LogP contribution in [0.4, 0.5) is 5.69 Å². The highest BCUT2D eigenvalue weighted by molar-refractivity contribution is 5.89. The third-order valence-corrected chi connectivity index (χ3v) is 14.8. The number of fused-ring (bicyclic) bond motifs is 5. The molecule has 0 radical (unpaired) electrons. The van der Waals surface area contributed by atoms with Gasteiger partial charge in [-0.25, -0.2) is 0 Å². The molecule has 5 N–H and O–H groups in total. The summed E-state index contributed by atoms with van der Waals surface area (Å²) in [6, 6.07) is 6.65. The van der Waals surface area contributed by atoms with E-state index in [4.69, 9.17) is 4.74 Å². The van der Waals surface area contributed by atoms with E-state index in [1.54, 1.807) is 12.5 Å². The molecule has 3 saturated carbocycles. The number of benzene rings is 1. The molecule has 1 unspecified atom stereocenters. The van der Waals surface area contributed by atoms with Crippen molar-refractivity contribution < 1.29 is 24.2 Å². The fourth-order valence-electron chi connectivity index (χ4n) is 11.5. The SMILES string of the molecule is CC=C(CNC(=O)[C@H](C)NC(=O)CCC(=O)NCCCO[C@H]1CC[C@@]2(C)C(=CC[C@H]3C4CC[C@H]([C@H](C)CCCC(C)C)[C@@]4(C)CC[C@@H]32)C1)Nc1ccc(CO)cc1. The molecule has 9 atom stereocenters. The third-order valence-electron chi connectivity index (χ3n) is 14.8. The fourth-order valence-corrected chi connectivity index (χ4v) is 11.5. The minimum absolute atomic E-state index is 0.0153. The van der Waals surface area contributed by atoms with Crippen molar-refractivity contribution in [2.45, 2.75) is 157 Å². The maximum absolute atomic E-state index is 12.6. The van der Waals surface area contributed by atoms with Gasteiger partial charge in [-0.1, -0.05) is 83.7 Å². The summed E-state index contributed by atoms with van der Waals surface area (Å²) in [7, 11) is 0. The zero-order valence-corrected chi connectivity index (χ0v) is 36.4. The monoisotopic (exact) mass is 789 g/mol. The van der Waals surface area contributed by atoms with Crippen LogP contribution in [0.25, 0.3) is 0 Å². The molecular weight excluding hydrogens is 713 g/mol. The lowest BCUT2D eigenvalue weighted by molar-refractivity contribution is -0.129. The zero-order chi connectivity index (χ0) is 41.2. The second kappa shape index (κ2) is 20.7. The average Bonchev–Trinajstić information content (AvgIpc) is 3.55. The molecule has 4 aliphatic carbocycles. The number of hydrogen-bond acceptors (Lipinski definition) is 6. The zero-order valence-electron chi connectivity index (χ0n) is 36.4. The van der Waals surface area contributed by atoms with Crippen LogP contribution in [0.2, 0.25) is 0 Å². The molecule has 0 bridgehead atoms. The number of carbonyl (C=O) groups excluding carboxylic acids is 3. The summed E-state index contributed by atoms with van der Waals surface area (Å²) in [5, 5.41) is 20.9. The predicted molar refractivity (Wildman–Crippen MR) is 230 cm³/mol. The summed E-state index contributed by atoms with van der Waals surface area (Å²) in [5.41, 5.74) is 4.94. The lowest BCUT2D eigenvalue weighted by atomic mass is 9.47. The van der Waals surface area contributed by atoms with Gasteiger partial charge in [-0.15, -0.1) is 0 Å². The van der Waals surface area contributed by atoms with Gasteiger partial charge in [-0.3, -0.25) is 14.4 Å². The third kappa shape index (κ3) is 11.5. The Bertz CT molecular complexity index is 1560. The van der Waals surface area contributed by atoms with E-state index >= 15 is 0 Å². The summed E-state index contributed by atoms with van der Waals surface area (Å²) in [6.07, 6.45) is 20.0. The molecular formula is C48H76N4O5. The van der Waals surface area contributed by atoms with Gasteiger partial charge in [0.15, 0.2) is 0 Å². The first-order chi connectivity index (χ1) is 27.3. The Labute approximate surface area is 344 Å². The van der Waals surface area contributed by atoms with Gasteiger partial charge in [0.05, 0.1) is 19.3 Å². The van der Waals surface area contributed by atoms with Gasteiger partial charge in [0.1, 0.15) is 6.04 Å². The topological polar surface area (TPSA) is 129 Å². The molecule has 5 rings (SSSR count). The molecule has 57 heavy (non-hydrogen) atoms. The molecule has 1 aromatic rings. The van der Waals surface area contributed by atoms with Crippen molar-refractivity contribution in [3.8, 4) is 0 Å². The quantitative estimate of drug-likeness (QED) is 0.0664. The van der Waals surface area contributed by atoms with Crippen molar-refractivity contribution in [3.05, 3.63) is 53.3 Å². The molecule has 1 aromatic carbocycles.